The van der Waals surface area contributed by atoms with Gasteiger partial charge in [0.15, 0.2) is 0 Å². The normalized spacial score (nSPS) is 17.5. The quantitative estimate of drug-likeness (QED) is 0.930. The van der Waals surface area contributed by atoms with Crippen LogP contribution in [0.3, 0.4) is 0 Å². The van der Waals surface area contributed by atoms with E-state index in [1.165, 1.54) is 0 Å². The van der Waals surface area contributed by atoms with Crippen molar-refractivity contribution in [3.63, 3.8) is 0 Å². The van der Waals surface area contributed by atoms with Gasteiger partial charge in [-0.1, -0.05) is 29.8 Å². The molecule has 2 rings (SSSR count). The molecule has 114 valence electrons. The summed E-state index contributed by atoms with van der Waals surface area (Å²) in [6.45, 7) is 2.79. The monoisotopic (exact) mass is 309 g/mol. The average molecular weight is 310 g/mol. The number of aryl methyl sites for hydroxylation is 1. The minimum atomic E-state index is -0.773. The highest BCUT2D eigenvalue weighted by Crippen LogP contribution is 2.31. The predicted molar refractivity (Wildman–Crippen MR) is 81.3 cm³/mol. The van der Waals surface area contributed by atoms with Crippen molar-refractivity contribution in [1.29, 1.82) is 0 Å². The number of likely N-dealkylation sites (tertiary alicyclic amines) is 1. The van der Waals surface area contributed by atoms with Crippen molar-refractivity contribution in [3.05, 3.63) is 34.9 Å². The van der Waals surface area contributed by atoms with Crippen LogP contribution in [0.2, 0.25) is 5.02 Å². The van der Waals surface area contributed by atoms with Crippen LogP contribution in [0.4, 0.5) is 0 Å². The van der Waals surface area contributed by atoms with Crippen molar-refractivity contribution in [2.45, 2.75) is 32.6 Å². The molecule has 21 heavy (non-hydrogen) atoms. The van der Waals surface area contributed by atoms with Gasteiger partial charge >= 0.3 is 5.97 Å². The number of hydrogen-bond donors (Lipinski definition) is 1. The Morgan fingerprint density at radius 2 is 1.90 bits per heavy atom. The first kappa shape index (κ1) is 15.8. The first-order chi connectivity index (χ1) is 9.92. The van der Waals surface area contributed by atoms with Crippen molar-refractivity contribution in [3.8, 4) is 0 Å². The van der Waals surface area contributed by atoms with Gasteiger partial charge in [-0.3, -0.25) is 9.59 Å². The van der Waals surface area contributed by atoms with E-state index in [9.17, 15) is 14.7 Å². The summed E-state index contributed by atoms with van der Waals surface area (Å²) in [4.78, 5) is 25.1. The smallest absolute Gasteiger partial charge is 0.309 e. The van der Waals surface area contributed by atoms with Gasteiger partial charge in [-0.25, -0.2) is 0 Å². The van der Waals surface area contributed by atoms with Crippen LogP contribution in [0, 0.1) is 5.41 Å². The topological polar surface area (TPSA) is 57.6 Å². The van der Waals surface area contributed by atoms with Gasteiger partial charge in [0.2, 0.25) is 5.91 Å². The Bertz CT molecular complexity index is 536. The molecule has 1 aromatic rings. The molecule has 1 N–H and O–H groups in total. The van der Waals surface area contributed by atoms with Crippen molar-refractivity contribution in [2.24, 2.45) is 5.41 Å². The number of hydrogen-bond acceptors (Lipinski definition) is 2. The molecule has 1 aromatic carbocycles. The predicted octanol–water partition coefficient (Wildman–Crippen LogP) is 2.99. The highest BCUT2D eigenvalue weighted by atomic mass is 35.5. The number of carbonyl (C=O) groups excluding carboxylic acids is 1. The second-order valence-corrected chi connectivity index (χ2v) is 6.25. The number of rotatable bonds is 4. The molecule has 0 aliphatic carbocycles. The molecular formula is C16H20ClNO3. The molecule has 0 radical (unpaired) electrons. The van der Waals surface area contributed by atoms with E-state index in [1.54, 1.807) is 11.8 Å². The summed E-state index contributed by atoms with van der Waals surface area (Å²) in [6, 6.07) is 7.52. The maximum absolute atomic E-state index is 12.2. The molecule has 1 heterocycles. The lowest BCUT2D eigenvalue weighted by Crippen LogP contribution is -2.45. The Morgan fingerprint density at radius 3 is 2.48 bits per heavy atom. The van der Waals surface area contributed by atoms with Crippen LogP contribution in [0.1, 0.15) is 31.7 Å². The van der Waals surface area contributed by atoms with Gasteiger partial charge in [0.1, 0.15) is 0 Å². The van der Waals surface area contributed by atoms with E-state index in [0.29, 0.717) is 43.8 Å². The molecule has 1 amide bonds. The van der Waals surface area contributed by atoms with E-state index in [1.807, 2.05) is 24.3 Å². The van der Waals surface area contributed by atoms with Crippen LogP contribution in [0.25, 0.3) is 0 Å². The lowest BCUT2D eigenvalue weighted by atomic mass is 9.80. The first-order valence-corrected chi connectivity index (χ1v) is 7.55. The Balaban J connectivity index is 1.86. The number of aliphatic carboxylic acids is 1. The molecular weight excluding hydrogens is 290 g/mol. The van der Waals surface area contributed by atoms with Crippen molar-refractivity contribution >= 4 is 23.5 Å². The van der Waals surface area contributed by atoms with Gasteiger partial charge in [-0.15, -0.1) is 0 Å². The molecule has 0 saturated carbocycles. The third-order valence-electron chi connectivity index (χ3n) is 4.30. The van der Waals surface area contributed by atoms with E-state index in [4.69, 9.17) is 11.6 Å². The standard InChI is InChI=1S/C16H20ClNO3/c1-16(15(20)21)8-10-18(11-9-16)14(19)7-6-12-4-2-3-5-13(12)17/h2-5H,6-11H2,1H3,(H,20,21). The molecule has 0 aromatic heterocycles. The third-order valence-corrected chi connectivity index (χ3v) is 4.67. The van der Waals surface area contributed by atoms with Crippen molar-refractivity contribution in [2.75, 3.05) is 13.1 Å². The van der Waals surface area contributed by atoms with Crippen molar-refractivity contribution in [1.82, 2.24) is 4.90 Å². The Labute approximate surface area is 129 Å². The maximum Gasteiger partial charge on any atom is 0.309 e. The van der Waals surface area contributed by atoms with Gasteiger partial charge in [0.25, 0.3) is 0 Å². The van der Waals surface area contributed by atoms with Crippen LogP contribution < -0.4 is 0 Å². The average Bonchev–Trinajstić information content (AvgIpc) is 2.46. The van der Waals surface area contributed by atoms with E-state index < -0.39 is 11.4 Å². The van der Waals surface area contributed by atoms with E-state index >= 15 is 0 Å². The fourth-order valence-electron chi connectivity index (χ4n) is 2.56. The molecule has 1 aliphatic rings. The SMILES string of the molecule is CC1(C(=O)O)CCN(C(=O)CCc2ccccc2Cl)CC1. The van der Waals surface area contributed by atoms with Crippen LogP contribution in [0.15, 0.2) is 24.3 Å². The zero-order valence-electron chi connectivity index (χ0n) is 12.1. The van der Waals surface area contributed by atoms with E-state index in [-0.39, 0.29) is 5.91 Å². The van der Waals surface area contributed by atoms with Gasteiger partial charge in [0, 0.05) is 24.5 Å². The highest BCUT2D eigenvalue weighted by Gasteiger charge is 2.37. The summed E-state index contributed by atoms with van der Waals surface area (Å²) in [5.41, 5.74) is 0.277. The minimum Gasteiger partial charge on any atom is -0.481 e. The van der Waals surface area contributed by atoms with Gasteiger partial charge in [-0.2, -0.15) is 0 Å². The number of carbonyl (C=O) groups is 2. The van der Waals surface area contributed by atoms with Crippen LogP contribution >= 0.6 is 11.6 Å². The second-order valence-electron chi connectivity index (χ2n) is 5.84. The largest absolute Gasteiger partial charge is 0.481 e. The Hall–Kier alpha value is -1.55. The molecule has 1 aliphatic heterocycles. The molecule has 0 atom stereocenters. The Morgan fingerprint density at radius 1 is 1.29 bits per heavy atom. The third kappa shape index (κ3) is 3.76. The maximum atomic E-state index is 12.2. The van der Waals surface area contributed by atoms with Crippen LogP contribution in [0.5, 0.6) is 0 Å². The zero-order chi connectivity index (χ0) is 15.5. The number of carboxylic acids is 1. The molecule has 1 fully saturated rings. The lowest BCUT2D eigenvalue weighted by Gasteiger charge is -2.36. The van der Waals surface area contributed by atoms with E-state index in [0.717, 1.165) is 5.56 Å². The fraction of sp³-hybridized carbons (Fsp3) is 0.500. The molecule has 1 saturated heterocycles. The number of nitrogens with zero attached hydrogens (tertiary/aromatic N) is 1. The van der Waals surface area contributed by atoms with Gasteiger partial charge in [-0.05, 0) is 37.8 Å². The fourth-order valence-corrected chi connectivity index (χ4v) is 2.79. The number of carboxylic acid groups (broad SMARTS) is 1. The molecule has 5 heteroatoms. The number of amides is 1. The number of halogens is 1. The summed E-state index contributed by atoms with van der Waals surface area (Å²) >= 11 is 6.08. The second kappa shape index (κ2) is 6.48. The summed E-state index contributed by atoms with van der Waals surface area (Å²) in [7, 11) is 0. The van der Waals surface area contributed by atoms with Crippen LogP contribution in [-0.4, -0.2) is 35.0 Å². The summed E-state index contributed by atoms with van der Waals surface area (Å²) in [6.07, 6.45) is 2.05. The summed E-state index contributed by atoms with van der Waals surface area (Å²) in [5.74, 6) is -0.701. The number of benzene rings is 1. The molecule has 0 spiro atoms. The summed E-state index contributed by atoms with van der Waals surface area (Å²) in [5, 5.41) is 9.87. The van der Waals surface area contributed by atoms with Gasteiger partial charge in [0.05, 0.1) is 5.41 Å². The molecule has 4 nitrogen and oxygen atoms in total. The van der Waals surface area contributed by atoms with E-state index in [2.05, 4.69) is 0 Å². The van der Waals surface area contributed by atoms with Gasteiger partial charge < -0.3 is 10.0 Å². The molecule has 0 unspecified atom stereocenters. The van der Waals surface area contributed by atoms with Crippen molar-refractivity contribution < 1.29 is 14.7 Å². The lowest BCUT2D eigenvalue weighted by molar-refractivity contribution is -0.153. The summed E-state index contributed by atoms with van der Waals surface area (Å²) < 4.78 is 0. The van der Waals surface area contributed by atoms with Crippen LogP contribution in [-0.2, 0) is 16.0 Å². The number of piperidine rings is 1. The molecule has 0 bridgehead atoms. The Kier molecular flexibility index (Phi) is 4.88. The highest BCUT2D eigenvalue weighted by molar-refractivity contribution is 6.31. The first-order valence-electron chi connectivity index (χ1n) is 7.17. The zero-order valence-corrected chi connectivity index (χ0v) is 12.9. The minimum absolute atomic E-state index is 0.0716.